The zero-order valence-corrected chi connectivity index (χ0v) is 10.5. The first-order valence-corrected chi connectivity index (χ1v) is 6.22. The molecular formula is C14H15F3N2. The van der Waals surface area contributed by atoms with Gasteiger partial charge in [-0.1, -0.05) is 30.3 Å². The lowest BCUT2D eigenvalue weighted by Crippen LogP contribution is -2.54. The predicted molar refractivity (Wildman–Crippen MR) is 65.1 cm³/mol. The molecule has 1 aliphatic heterocycles. The number of nitrogens with zero attached hydrogens (tertiary/aromatic N) is 2. The molecule has 1 aromatic rings. The summed E-state index contributed by atoms with van der Waals surface area (Å²) in [6, 6.07) is 10.8. The molecule has 0 aromatic heterocycles. The second kappa shape index (κ2) is 5.22. The van der Waals surface area contributed by atoms with Gasteiger partial charge in [-0.3, -0.25) is 4.90 Å². The van der Waals surface area contributed by atoms with Crippen molar-refractivity contribution < 1.29 is 13.2 Å². The Hall–Kier alpha value is -1.54. The second-order valence-corrected chi connectivity index (χ2v) is 4.87. The predicted octanol–water partition coefficient (Wildman–Crippen LogP) is 3.50. The monoisotopic (exact) mass is 268 g/mol. The highest BCUT2D eigenvalue weighted by molar-refractivity contribution is 5.17. The molecule has 0 spiro atoms. The van der Waals surface area contributed by atoms with Crippen molar-refractivity contribution >= 4 is 0 Å². The standard InChI is InChI=1S/C14H15F3N2/c15-14(16,17)13(8-9-18)7-4-10-19(13)11-12-5-2-1-3-6-12/h1-3,5-6H,4,7-8,10-11H2. The zero-order chi connectivity index (χ0) is 13.9. The third-order valence-corrected chi connectivity index (χ3v) is 3.74. The average Bonchev–Trinajstić information content (AvgIpc) is 2.75. The smallest absolute Gasteiger partial charge is 0.285 e. The fraction of sp³-hybridized carbons (Fsp3) is 0.500. The molecule has 1 heterocycles. The summed E-state index contributed by atoms with van der Waals surface area (Å²) in [7, 11) is 0. The van der Waals surface area contributed by atoms with E-state index in [2.05, 4.69) is 0 Å². The van der Waals surface area contributed by atoms with E-state index in [1.165, 1.54) is 4.90 Å². The minimum Gasteiger partial charge on any atom is -0.285 e. The number of likely N-dealkylation sites (tertiary alicyclic amines) is 1. The van der Waals surface area contributed by atoms with Crippen molar-refractivity contribution in [2.75, 3.05) is 6.54 Å². The second-order valence-electron chi connectivity index (χ2n) is 4.87. The van der Waals surface area contributed by atoms with Gasteiger partial charge in [-0.05, 0) is 24.9 Å². The molecule has 1 atom stereocenters. The molecule has 19 heavy (non-hydrogen) atoms. The van der Waals surface area contributed by atoms with Crippen molar-refractivity contribution in [1.82, 2.24) is 4.90 Å². The molecule has 1 fully saturated rings. The minimum atomic E-state index is -4.37. The Bertz CT molecular complexity index is 464. The Morgan fingerprint density at radius 1 is 1.26 bits per heavy atom. The van der Waals surface area contributed by atoms with Gasteiger partial charge in [-0.15, -0.1) is 0 Å². The van der Waals surface area contributed by atoms with Crippen molar-refractivity contribution in [3.63, 3.8) is 0 Å². The van der Waals surface area contributed by atoms with E-state index in [-0.39, 0.29) is 13.0 Å². The molecule has 0 N–H and O–H groups in total. The topological polar surface area (TPSA) is 27.0 Å². The molecule has 0 bridgehead atoms. The van der Waals surface area contributed by atoms with Crippen LogP contribution < -0.4 is 0 Å². The summed E-state index contributed by atoms with van der Waals surface area (Å²) in [6.45, 7) is 0.623. The van der Waals surface area contributed by atoms with Crippen LogP contribution in [0.2, 0.25) is 0 Å². The summed E-state index contributed by atoms with van der Waals surface area (Å²) in [6.07, 6.45) is -4.37. The number of halogens is 3. The lowest BCUT2D eigenvalue weighted by Gasteiger charge is -2.38. The number of hydrogen-bond donors (Lipinski definition) is 0. The van der Waals surface area contributed by atoms with Crippen LogP contribution in [-0.2, 0) is 6.54 Å². The SMILES string of the molecule is N#CCC1(C(F)(F)F)CCCN1Cc1ccccc1. The van der Waals surface area contributed by atoms with Crippen molar-refractivity contribution in [3.8, 4) is 6.07 Å². The molecule has 0 radical (unpaired) electrons. The van der Waals surface area contributed by atoms with E-state index in [0.29, 0.717) is 13.0 Å². The number of hydrogen-bond acceptors (Lipinski definition) is 2. The first-order valence-electron chi connectivity index (χ1n) is 6.22. The Morgan fingerprint density at radius 2 is 1.95 bits per heavy atom. The Morgan fingerprint density at radius 3 is 2.53 bits per heavy atom. The van der Waals surface area contributed by atoms with E-state index < -0.39 is 18.1 Å². The normalized spacial score (nSPS) is 24.3. The summed E-state index contributed by atoms with van der Waals surface area (Å²) in [4.78, 5) is 1.41. The highest BCUT2D eigenvalue weighted by Gasteiger charge is 2.59. The van der Waals surface area contributed by atoms with Gasteiger partial charge < -0.3 is 0 Å². The Kier molecular flexibility index (Phi) is 3.81. The van der Waals surface area contributed by atoms with Gasteiger partial charge in [0.15, 0.2) is 0 Å². The van der Waals surface area contributed by atoms with Gasteiger partial charge in [0.05, 0.1) is 12.5 Å². The third-order valence-electron chi connectivity index (χ3n) is 3.74. The number of benzene rings is 1. The average molecular weight is 268 g/mol. The fourth-order valence-electron chi connectivity index (χ4n) is 2.72. The summed E-state index contributed by atoms with van der Waals surface area (Å²) >= 11 is 0. The molecule has 1 unspecified atom stereocenters. The van der Waals surface area contributed by atoms with Gasteiger partial charge in [0.25, 0.3) is 0 Å². The number of rotatable bonds is 3. The van der Waals surface area contributed by atoms with Gasteiger partial charge in [0, 0.05) is 6.54 Å². The van der Waals surface area contributed by atoms with Crippen LogP contribution in [0.3, 0.4) is 0 Å². The van der Waals surface area contributed by atoms with Crippen LogP contribution in [0.4, 0.5) is 13.2 Å². The van der Waals surface area contributed by atoms with Crippen LogP contribution in [0.5, 0.6) is 0 Å². The van der Waals surface area contributed by atoms with Gasteiger partial charge in [-0.25, -0.2) is 0 Å². The highest BCUT2D eigenvalue weighted by atomic mass is 19.4. The van der Waals surface area contributed by atoms with Gasteiger partial charge >= 0.3 is 6.18 Å². The number of alkyl halides is 3. The molecule has 5 heteroatoms. The summed E-state index contributed by atoms with van der Waals surface area (Å²) in [5.41, 5.74) is -1.13. The van der Waals surface area contributed by atoms with Crippen LogP contribution in [0.15, 0.2) is 30.3 Å². The fourth-order valence-corrected chi connectivity index (χ4v) is 2.72. The van der Waals surface area contributed by atoms with Crippen LogP contribution in [-0.4, -0.2) is 23.2 Å². The molecule has 2 rings (SSSR count). The van der Waals surface area contributed by atoms with Crippen LogP contribution in [0.25, 0.3) is 0 Å². The Labute approximate surface area is 110 Å². The van der Waals surface area contributed by atoms with Crippen molar-refractivity contribution in [2.45, 2.75) is 37.5 Å². The first-order chi connectivity index (χ1) is 8.99. The van der Waals surface area contributed by atoms with E-state index in [4.69, 9.17) is 5.26 Å². The Balaban J connectivity index is 2.26. The zero-order valence-electron chi connectivity index (χ0n) is 10.5. The summed E-state index contributed by atoms with van der Waals surface area (Å²) in [5.74, 6) is 0. The molecule has 1 aliphatic rings. The maximum absolute atomic E-state index is 13.4. The van der Waals surface area contributed by atoms with Gasteiger partial charge in [-0.2, -0.15) is 18.4 Å². The van der Waals surface area contributed by atoms with Gasteiger partial charge in [0.2, 0.25) is 0 Å². The molecule has 0 saturated carbocycles. The van der Waals surface area contributed by atoms with Crippen molar-refractivity contribution in [2.24, 2.45) is 0 Å². The lowest BCUT2D eigenvalue weighted by atomic mass is 9.91. The van der Waals surface area contributed by atoms with Crippen LogP contribution in [0, 0.1) is 11.3 Å². The molecule has 1 saturated heterocycles. The highest BCUT2D eigenvalue weighted by Crippen LogP contribution is 2.45. The van der Waals surface area contributed by atoms with E-state index >= 15 is 0 Å². The van der Waals surface area contributed by atoms with Crippen LogP contribution in [0.1, 0.15) is 24.8 Å². The first kappa shape index (κ1) is 13.9. The van der Waals surface area contributed by atoms with Crippen LogP contribution >= 0.6 is 0 Å². The van der Waals surface area contributed by atoms with E-state index in [1.54, 1.807) is 6.07 Å². The number of nitriles is 1. The maximum atomic E-state index is 13.4. The molecule has 2 nitrogen and oxygen atoms in total. The molecule has 0 amide bonds. The molecule has 1 aromatic carbocycles. The van der Waals surface area contributed by atoms with E-state index in [9.17, 15) is 13.2 Å². The summed E-state index contributed by atoms with van der Waals surface area (Å²) < 4.78 is 40.1. The molecule has 0 aliphatic carbocycles. The van der Waals surface area contributed by atoms with Crippen molar-refractivity contribution in [1.29, 1.82) is 5.26 Å². The van der Waals surface area contributed by atoms with E-state index in [0.717, 1.165) is 5.56 Å². The third kappa shape index (κ3) is 2.59. The largest absolute Gasteiger partial charge is 0.407 e. The van der Waals surface area contributed by atoms with Gasteiger partial charge in [0.1, 0.15) is 5.54 Å². The minimum absolute atomic E-state index is 0.0108. The quantitative estimate of drug-likeness (QED) is 0.839. The molecular weight excluding hydrogens is 253 g/mol. The lowest BCUT2D eigenvalue weighted by molar-refractivity contribution is -0.223. The summed E-state index contributed by atoms with van der Waals surface area (Å²) in [5, 5.41) is 8.76. The maximum Gasteiger partial charge on any atom is 0.407 e. The van der Waals surface area contributed by atoms with E-state index in [1.807, 2.05) is 30.3 Å². The molecule has 102 valence electrons. The van der Waals surface area contributed by atoms with Crippen molar-refractivity contribution in [3.05, 3.63) is 35.9 Å².